The first-order chi connectivity index (χ1) is 7.27. The van der Waals surface area contributed by atoms with Crippen molar-refractivity contribution < 1.29 is 5.11 Å². The predicted molar refractivity (Wildman–Crippen MR) is 61.6 cm³/mol. The average molecular weight is 208 g/mol. The van der Waals surface area contributed by atoms with Gasteiger partial charge < -0.3 is 10.0 Å². The lowest BCUT2D eigenvalue weighted by atomic mass is 10.1. The van der Waals surface area contributed by atoms with E-state index >= 15 is 0 Å². The standard InChI is InChI=1S/C12H20N2O/c1-3-14(4-2)10-7-12(15)11-5-8-13-9-6-11/h5-6,8-9,12,15H,3-4,7,10H2,1-2H3. The Balaban J connectivity index is 2.39. The first-order valence-electron chi connectivity index (χ1n) is 5.58. The third-order valence-electron chi connectivity index (χ3n) is 2.70. The van der Waals surface area contributed by atoms with Gasteiger partial charge in [-0.1, -0.05) is 13.8 Å². The fraction of sp³-hybridized carbons (Fsp3) is 0.583. The Hall–Kier alpha value is -0.930. The molecule has 3 nitrogen and oxygen atoms in total. The van der Waals surface area contributed by atoms with Gasteiger partial charge in [0.25, 0.3) is 0 Å². The fourth-order valence-electron chi connectivity index (χ4n) is 1.60. The third-order valence-corrected chi connectivity index (χ3v) is 2.70. The number of hydrogen-bond acceptors (Lipinski definition) is 3. The highest BCUT2D eigenvalue weighted by Gasteiger charge is 2.08. The van der Waals surface area contributed by atoms with Crippen molar-refractivity contribution in [1.29, 1.82) is 0 Å². The fourth-order valence-corrected chi connectivity index (χ4v) is 1.60. The van der Waals surface area contributed by atoms with Crippen LogP contribution in [-0.4, -0.2) is 34.6 Å². The normalized spacial score (nSPS) is 13.1. The summed E-state index contributed by atoms with van der Waals surface area (Å²) in [6, 6.07) is 3.74. The molecule has 15 heavy (non-hydrogen) atoms. The molecule has 0 radical (unpaired) electrons. The number of aliphatic hydroxyl groups excluding tert-OH is 1. The van der Waals surface area contributed by atoms with Gasteiger partial charge in [-0.3, -0.25) is 4.98 Å². The lowest BCUT2D eigenvalue weighted by Gasteiger charge is -2.20. The van der Waals surface area contributed by atoms with Gasteiger partial charge in [-0.2, -0.15) is 0 Å². The zero-order valence-electron chi connectivity index (χ0n) is 9.56. The van der Waals surface area contributed by atoms with Gasteiger partial charge in [0.15, 0.2) is 0 Å². The van der Waals surface area contributed by atoms with E-state index in [9.17, 15) is 5.11 Å². The molecule has 0 aliphatic carbocycles. The highest BCUT2D eigenvalue weighted by atomic mass is 16.3. The molecule has 0 saturated carbocycles. The molecule has 84 valence electrons. The summed E-state index contributed by atoms with van der Waals surface area (Å²) >= 11 is 0. The molecule has 0 spiro atoms. The van der Waals surface area contributed by atoms with Gasteiger partial charge in [0.05, 0.1) is 6.10 Å². The van der Waals surface area contributed by atoms with E-state index in [1.54, 1.807) is 12.4 Å². The van der Waals surface area contributed by atoms with Crippen LogP contribution in [0.5, 0.6) is 0 Å². The van der Waals surface area contributed by atoms with Crippen LogP contribution in [0.4, 0.5) is 0 Å². The minimum Gasteiger partial charge on any atom is -0.388 e. The summed E-state index contributed by atoms with van der Waals surface area (Å²) in [6.45, 7) is 7.31. The van der Waals surface area contributed by atoms with E-state index in [1.807, 2.05) is 12.1 Å². The van der Waals surface area contributed by atoms with E-state index in [0.717, 1.165) is 31.6 Å². The zero-order valence-corrected chi connectivity index (χ0v) is 9.56. The smallest absolute Gasteiger partial charge is 0.0803 e. The first-order valence-corrected chi connectivity index (χ1v) is 5.58. The molecule has 0 saturated heterocycles. The summed E-state index contributed by atoms with van der Waals surface area (Å²) in [5, 5.41) is 9.91. The monoisotopic (exact) mass is 208 g/mol. The third kappa shape index (κ3) is 3.98. The van der Waals surface area contributed by atoms with Crippen molar-refractivity contribution in [2.75, 3.05) is 19.6 Å². The number of rotatable bonds is 6. The summed E-state index contributed by atoms with van der Waals surface area (Å²) in [4.78, 5) is 6.24. The Bertz CT molecular complexity index is 260. The number of pyridine rings is 1. The van der Waals surface area contributed by atoms with E-state index in [0.29, 0.717) is 0 Å². The summed E-state index contributed by atoms with van der Waals surface area (Å²) in [7, 11) is 0. The van der Waals surface area contributed by atoms with E-state index in [1.165, 1.54) is 0 Å². The maximum absolute atomic E-state index is 9.91. The second kappa shape index (κ2) is 6.53. The first kappa shape index (κ1) is 12.1. The maximum atomic E-state index is 9.91. The largest absolute Gasteiger partial charge is 0.388 e. The lowest BCUT2D eigenvalue weighted by Crippen LogP contribution is -2.25. The summed E-state index contributed by atoms with van der Waals surface area (Å²) in [6.07, 6.45) is 3.85. The van der Waals surface area contributed by atoms with Gasteiger partial charge in [-0.25, -0.2) is 0 Å². The maximum Gasteiger partial charge on any atom is 0.0803 e. The lowest BCUT2D eigenvalue weighted by molar-refractivity contribution is 0.145. The number of aliphatic hydroxyl groups is 1. The van der Waals surface area contributed by atoms with Crippen molar-refractivity contribution in [3.63, 3.8) is 0 Å². The SMILES string of the molecule is CCN(CC)CCC(O)c1ccncc1. The van der Waals surface area contributed by atoms with Crippen molar-refractivity contribution >= 4 is 0 Å². The van der Waals surface area contributed by atoms with Gasteiger partial charge >= 0.3 is 0 Å². The number of aromatic nitrogens is 1. The van der Waals surface area contributed by atoms with Crippen LogP contribution in [0.2, 0.25) is 0 Å². The quantitative estimate of drug-likeness (QED) is 0.775. The zero-order chi connectivity index (χ0) is 11.1. The van der Waals surface area contributed by atoms with Crippen molar-refractivity contribution in [3.8, 4) is 0 Å². The van der Waals surface area contributed by atoms with E-state index in [4.69, 9.17) is 0 Å². The average Bonchev–Trinajstić information content (AvgIpc) is 2.31. The van der Waals surface area contributed by atoms with Crippen LogP contribution >= 0.6 is 0 Å². The van der Waals surface area contributed by atoms with Crippen molar-refractivity contribution in [2.24, 2.45) is 0 Å². The molecule has 1 rings (SSSR count). The summed E-state index contributed by atoms with van der Waals surface area (Å²) < 4.78 is 0. The molecule has 0 bridgehead atoms. The Labute approximate surface area is 91.8 Å². The molecule has 0 aromatic carbocycles. The second-order valence-corrected chi connectivity index (χ2v) is 3.61. The predicted octanol–water partition coefficient (Wildman–Crippen LogP) is 1.85. The van der Waals surface area contributed by atoms with Gasteiger partial charge in [-0.05, 0) is 37.2 Å². The highest BCUT2D eigenvalue weighted by molar-refractivity contribution is 5.12. The molecule has 1 unspecified atom stereocenters. The van der Waals surface area contributed by atoms with Crippen LogP contribution in [0.15, 0.2) is 24.5 Å². The van der Waals surface area contributed by atoms with Crippen molar-refractivity contribution in [2.45, 2.75) is 26.4 Å². The second-order valence-electron chi connectivity index (χ2n) is 3.61. The van der Waals surface area contributed by atoms with Crippen molar-refractivity contribution in [3.05, 3.63) is 30.1 Å². The van der Waals surface area contributed by atoms with Crippen LogP contribution in [0, 0.1) is 0 Å². The van der Waals surface area contributed by atoms with Crippen LogP contribution < -0.4 is 0 Å². The molecule has 0 amide bonds. The molecule has 1 heterocycles. The van der Waals surface area contributed by atoms with E-state index < -0.39 is 0 Å². The molecule has 1 N–H and O–H groups in total. The van der Waals surface area contributed by atoms with Gasteiger partial charge in [0.2, 0.25) is 0 Å². The van der Waals surface area contributed by atoms with Gasteiger partial charge in [-0.15, -0.1) is 0 Å². The van der Waals surface area contributed by atoms with Gasteiger partial charge in [0.1, 0.15) is 0 Å². The summed E-state index contributed by atoms with van der Waals surface area (Å²) in [5.74, 6) is 0. The molecule has 0 aliphatic heterocycles. The van der Waals surface area contributed by atoms with Crippen LogP contribution in [0.1, 0.15) is 31.9 Å². The Morgan fingerprint density at radius 1 is 1.27 bits per heavy atom. The molecular formula is C12H20N2O. The van der Waals surface area contributed by atoms with E-state index in [-0.39, 0.29) is 6.10 Å². The van der Waals surface area contributed by atoms with Gasteiger partial charge in [0, 0.05) is 18.9 Å². The van der Waals surface area contributed by atoms with Crippen molar-refractivity contribution in [1.82, 2.24) is 9.88 Å². The molecular weight excluding hydrogens is 188 g/mol. The highest BCUT2D eigenvalue weighted by Crippen LogP contribution is 2.15. The Kier molecular flexibility index (Phi) is 5.29. The van der Waals surface area contributed by atoms with E-state index in [2.05, 4.69) is 23.7 Å². The molecule has 0 fully saturated rings. The minimum atomic E-state index is -0.367. The number of hydrogen-bond donors (Lipinski definition) is 1. The summed E-state index contributed by atoms with van der Waals surface area (Å²) in [5.41, 5.74) is 0.956. The van der Waals surface area contributed by atoms with Crippen LogP contribution in [0.3, 0.4) is 0 Å². The Morgan fingerprint density at radius 2 is 1.87 bits per heavy atom. The molecule has 1 atom stereocenters. The topological polar surface area (TPSA) is 36.4 Å². The molecule has 1 aromatic rings. The minimum absolute atomic E-state index is 0.367. The Morgan fingerprint density at radius 3 is 2.40 bits per heavy atom. The molecule has 3 heteroatoms. The molecule has 1 aromatic heterocycles. The molecule has 0 aliphatic rings. The number of nitrogens with zero attached hydrogens (tertiary/aromatic N) is 2. The van der Waals surface area contributed by atoms with Crippen LogP contribution in [-0.2, 0) is 0 Å². The van der Waals surface area contributed by atoms with Crippen LogP contribution in [0.25, 0.3) is 0 Å².